The number of imidazole rings is 1. The Balaban J connectivity index is 1.57. The smallest absolute Gasteiger partial charge is 0.290 e. The molecule has 1 aliphatic heterocycles. The summed E-state index contributed by atoms with van der Waals surface area (Å²) in [5, 5.41) is 3.49. The predicted molar refractivity (Wildman–Crippen MR) is 140 cm³/mol. The second-order valence-corrected chi connectivity index (χ2v) is 10.1. The Kier molecular flexibility index (Phi) is 6.16. The van der Waals surface area contributed by atoms with Gasteiger partial charge in [0.25, 0.3) is 11.1 Å². The zero-order valence-corrected chi connectivity index (χ0v) is 20.8. The minimum absolute atomic E-state index is 0.366. The Morgan fingerprint density at radius 2 is 1.71 bits per heavy atom. The van der Waals surface area contributed by atoms with Crippen LogP contribution in [0.4, 0.5) is 4.79 Å². The summed E-state index contributed by atoms with van der Waals surface area (Å²) in [6, 6.07) is 17.2. The number of nitrogens with one attached hydrogen (secondary N) is 1. The number of amides is 2. The van der Waals surface area contributed by atoms with Crippen LogP contribution in [0.5, 0.6) is 0 Å². The highest BCUT2D eigenvalue weighted by atomic mass is 35.5. The summed E-state index contributed by atoms with van der Waals surface area (Å²) < 4.78 is 2.07. The number of aromatic nitrogens is 2. The maximum Gasteiger partial charge on any atom is 0.290 e. The maximum atomic E-state index is 11.8. The van der Waals surface area contributed by atoms with Gasteiger partial charge < -0.3 is 4.57 Å². The average Bonchev–Trinajstić information content (AvgIpc) is 3.30. The second-order valence-electron chi connectivity index (χ2n) is 7.83. The van der Waals surface area contributed by atoms with Crippen molar-refractivity contribution in [2.45, 2.75) is 13.5 Å². The number of nitrogens with zero attached hydrogens (tertiary/aromatic N) is 2. The largest absolute Gasteiger partial charge is 0.319 e. The van der Waals surface area contributed by atoms with Crippen LogP contribution < -0.4 is 5.32 Å². The van der Waals surface area contributed by atoms with Gasteiger partial charge >= 0.3 is 0 Å². The second kappa shape index (κ2) is 9.12. The highest BCUT2D eigenvalue weighted by Gasteiger charge is 2.25. The Morgan fingerprint density at radius 3 is 2.38 bits per heavy atom. The zero-order chi connectivity index (χ0) is 24.0. The molecule has 5 nitrogen and oxygen atoms in total. The topological polar surface area (TPSA) is 64.0 Å². The van der Waals surface area contributed by atoms with Crippen LogP contribution in [-0.4, -0.2) is 20.7 Å². The number of aryl methyl sites for hydroxylation is 1. The van der Waals surface area contributed by atoms with E-state index >= 15 is 0 Å². The van der Waals surface area contributed by atoms with Gasteiger partial charge in [0.15, 0.2) is 0 Å². The van der Waals surface area contributed by atoms with Crippen LogP contribution in [0.25, 0.3) is 28.5 Å². The number of rotatable bonds is 4. The van der Waals surface area contributed by atoms with Crippen molar-refractivity contribution in [3.05, 3.63) is 91.3 Å². The third-order valence-corrected chi connectivity index (χ3v) is 7.42. The van der Waals surface area contributed by atoms with Gasteiger partial charge in [-0.25, -0.2) is 4.98 Å². The van der Waals surface area contributed by atoms with Crippen molar-refractivity contribution < 1.29 is 9.59 Å². The summed E-state index contributed by atoms with van der Waals surface area (Å²) in [5.74, 6) is 0.360. The van der Waals surface area contributed by atoms with E-state index in [0.717, 1.165) is 50.9 Å². The molecule has 0 unspecified atom stereocenters. The summed E-state index contributed by atoms with van der Waals surface area (Å²) >= 11 is 19.8. The standard InChI is InChI=1S/C25H16Cl3N3O2S/c1-13-2-3-15(8-17(13)26)12-31-21-11-19(28)18(27)10-20(21)29-23(31)16-6-4-14(5-7-16)9-22-24(32)30-25(33)34-22/h2-11H,12H2,1H3,(H,30,32,33)/b22-9-. The van der Waals surface area contributed by atoms with Crippen LogP contribution in [0, 0.1) is 6.92 Å². The lowest BCUT2D eigenvalue weighted by atomic mass is 10.1. The molecule has 0 radical (unpaired) electrons. The Bertz CT molecular complexity index is 1510. The highest BCUT2D eigenvalue weighted by Crippen LogP contribution is 2.33. The third-order valence-electron chi connectivity index (χ3n) is 5.48. The molecule has 5 rings (SSSR count). The number of benzene rings is 3. The quantitative estimate of drug-likeness (QED) is 0.281. The van der Waals surface area contributed by atoms with Gasteiger partial charge in [0.2, 0.25) is 0 Å². The Hall–Kier alpha value is -2.77. The number of fused-ring (bicyclic) bond motifs is 1. The molecule has 0 aliphatic carbocycles. The Labute approximate surface area is 214 Å². The van der Waals surface area contributed by atoms with Crippen LogP contribution >= 0.6 is 46.6 Å². The van der Waals surface area contributed by atoms with Crippen molar-refractivity contribution >= 4 is 74.8 Å². The SMILES string of the molecule is Cc1ccc(Cn2c(-c3ccc(/C=C4\SC(=O)NC4=O)cc3)nc3cc(Cl)c(Cl)cc32)cc1Cl. The van der Waals surface area contributed by atoms with Crippen LogP contribution in [0.15, 0.2) is 59.5 Å². The van der Waals surface area contributed by atoms with E-state index in [2.05, 4.69) is 9.88 Å². The fraction of sp³-hybridized carbons (Fsp3) is 0.0800. The van der Waals surface area contributed by atoms with Crippen LogP contribution in [0.3, 0.4) is 0 Å². The summed E-state index contributed by atoms with van der Waals surface area (Å²) in [7, 11) is 0. The van der Waals surface area contributed by atoms with Crippen molar-refractivity contribution in [3.63, 3.8) is 0 Å². The molecule has 0 atom stereocenters. The van der Waals surface area contributed by atoms with E-state index in [0.29, 0.717) is 26.5 Å². The van der Waals surface area contributed by atoms with Gasteiger partial charge in [-0.2, -0.15) is 0 Å². The number of halogens is 3. The molecule has 1 fully saturated rings. The first-order valence-electron chi connectivity index (χ1n) is 10.2. The molecule has 3 aromatic carbocycles. The molecule has 9 heteroatoms. The molecule has 34 heavy (non-hydrogen) atoms. The van der Waals surface area contributed by atoms with E-state index in [4.69, 9.17) is 39.8 Å². The van der Waals surface area contributed by atoms with Gasteiger partial charge in [-0.15, -0.1) is 0 Å². The minimum atomic E-state index is -0.383. The van der Waals surface area contributed by atoms with Crippen molar-refractivity contribution in [2.75, 3.05) is 0 Å². The van der Waals surface area contributed by atoms with Crippen LogP contribution in [-0.2, 0) is 11.3 Å². The molecule has 2 heterocycles. The lowest BCUT2D eigenvalue weighted by molar-refractivity contribution is -0.115. The first kappa shape index (κ1) is 23.0. The van der Waals surface area contributed by atoms with Gasteiger partial charge in [0.05, 0.1) is 26.0 Å². The monoisotopic (exact) mass is 527 g/mol. The van der Waals surface area contributed by atoms with Crippen molar-refractivity contribution in [1.82, 2.24) is 14.9 Å². The van der Waals surface area contributed by atoms with E-state index in [1.54, 1.807) is 12.1 Å². The van der Waals surface area contributed by atoms with Crippen molar-refractivity contribution in [3.8, 4) is 11.4 Å². The van der Waals surface area contributed by atoms with E-state index in [1.165, 1.54) is 0 Å². The molecule has 0 spiro atoms. The number of carbonyl (C=O) groups is 2. The van der Waals surface area contributed by atoms with Gasteiger partial charge in [-0.1, -0.05) is 71.2 Å². The highest BCUT2D eigenvalue weighted by molar-refractivity contribution is 8.18. The molecule has 1 saturated heterocycles. The first-order chi connectivity index (χ1) is 16.3. The lowest BCUT2D eigenvalue weighted by Gasteiger charge is -2.11. The summed E-state index contributed by atoms with van der Waals surface area (Å²) in [6.07, 6.45) is 1.69. The normalized spacial score (nSPS) is 14.9. The van der Waals surface area contributed by atoms with E-state index in [9.17, 15) is 9.59 Å². The zero-order valence-electron chi connectivity index (χ0n) is 17.7. The number of imide groups is 1. The molecule has 1 N–H and O–H groups in total. The predicted octanol–water partition coefficient (Wildman–Crippen LogP) is 7.34. The molecular formula is C25H16Cl3N3O2S. The number of hydrogen-bond acceptors (Lipinski definition) is 4. The Morgan fingerprint density at radius 1 is 0.971 bits per heavy atom. The molecule has 1 aromatic heterocycles. The van der Waals surface area contributed by atoms with Crippen LogP contribution in [0.2, 0.25) is 15.1 Å². The lowest BCUT2D eigenvalue weighted by Crippen LogP contribution is -2.17. The summed E-state index contributed by atoms with van der Waals surface area (Å²) in [6.45, 7) is 2.50. The number of hydrogen-bond donors (Lipinski definition) is 1. The first-order valence-corrected chi connectivity index (χ1v) is 12.2. The third kappa shape index (κ3) is 4.46. The summed E-state index contributed by atoms with van der Waals surface area (Å²) in [5.41, 5.74) is 5.30. The molecule has 1 aliphatic rings. The molecule has 2 amide bonds. The summed E-state index contributed by atoms with van der Waals surface area (Å²) in [4.78, 5) is 28.4. The van der Waals surface area contributed by atoms with E-state index in [1.807, 2.05) is 55.5 Å². The van der Waals surface area contributed by atoms with E-state index < -0.39 is 0 Å². The minimum Gasteiger partial charge on any atom is -0.319 e. The fourth-order valence-electron chi connectivity index (χ4n) is 3.72. The fourth-order valence-corrected chi connectivity index (χ4v) is 4.92. The molecular weight excluding hydrogens is 513 g/mol. The van der Waals surface area contributed by atoms with Crippen molar-refractivity contribution in [1.29, 1.82) is 0 Å². The van der Waals surface area contributed by atoms with Crippen LogP contribution in [0.1, 0.15) is 16.7 Å². The van der Waals surface area contributed by atoms with Gasteiger partial charge in [-0.3, -0.25) is 14.9 Å². The van der Waals surface area contributed by atoms with Gasteiger partial charge in [-0.05, 0) is 59.7 Å². The van der Waals surface area contributed by atoms with Gasteiger partial charge in [0, 0.05) is 17.1 Å². The maximum absolute atomic E-state index is 11.8. The molecule has 170 valence electrons. The van der Waals surface area contributed by atoms with E-state index in [-0.39, 0.29) is 11.1 Å². The molecule has 4 aromatic rings. The molecule has 0 bridgehead atoms. The van der Waals surface area contributed by atoms with Crippen molar-refractivity contribution in [2.24, 2.45) is 0 Å². The van der Waals surface area contributed by atoms with Gasteiger partial charge in [0.1, 0.15) is 5.82 Å². The molecule has 0 saturated carbocycles. The average molecular weight is 529 g/mol. The number of thioether (sulfide) groups is 1. The number of carbonyl (C=O) groups excluding carboxylic acids is 2.